The molecule has 3 aromatic rings. The number of halogens is 1. The molecule has 3 aromatic carbocycles. The summed E-state index contributed by atoms with van der Waals surface area (Å²) in [4.78, 5) is 24.9. The van der Waals surface area contributed by atoms with Crippen LogP contribution in [0.15, 0.2) is 59.5 Å². The zero-order valence-electron chi connectivity index (χ0n) is 19.2. The number of anilines is 2. The van der Waals surface area contributed by atoms with Gasteiger partial charge in [0.1, 0.15) is 0 Å². The van der Waals surface area contributed by atoms with Crippen LogP contribution < -0.4 is 10.0 Å². The molecule has 0 aliphatic heterocycles. The van der Waals surface area contributed by atoms with Gasteiger partial charge in [0.2, 0.25) is 0 Å². The first kappa shape index (κ1) is 25.3. The zero-order valence-corrected chi connectivity index (χ0v) is 20.8. The third kappa shape index (κ3) is 5.76. The Morgan fingerprint density at radius 1 is 0.882 bits per heavy atom. The number of sulfonamides is 1. The van der Waals surface area contributed by atoms with E-state index in [2.05, 4.69) is 10.0 Å². The summed E-state index contributed by atoms with van der Waals surface area (Å²) in [6.07, 6.45) is 0. The molecule has 0 spiro atoms. The number of carbonyl (C=O) groups is 2. The highest BCUT2D eigenvalue weighted by Gasteiger charge is 2.20. The summed E-state index contributed by atoms with van der Waals surface area (Å²) in [5.41, 5.74) is 3.50. The number of amides is 1. The Bertz CT molecular complexity index is 1370. The maximum Gasteiger partial charge on any atom is 0.339 e. The molecule has 2 N–H and O–H groups in total. The fourth-order valence-electron chi connectivity index (χ4n) is 3.22. The minimum Gasteiger partial charge on any atom is -0.462 e. The van der Waals surface area contributed by atoms with E-state index in [0.29, 0.717) is 16.9 Å². The summed E-state index contributed by atoms with van der Waals surface area (Å²) in [7, 11) is -3.94. The molecule has 0 aliphatic rings. The van der Waals surface area contributed by atoms with Gasteiger partial charge in [0.25, 0.3) is 15.9 Å². The lowest BCUT2D eigenvalue weighted by Crippen LogP contribution is -2.17. The van der Waals surface area contributed by atoms with E-state index in [-0.39, 0.29) is 27.7 Å². The van der Waals surface area contributed by atoms with Gasteiger partial charge >= 0.3 is 5.97 Å². The topological polar surface area (TPSA) is 102 Å². The molecule has 0 aliphatic carbocycles. The number of ether oxygens (including phenoxy) is 1. The van der Waals surface area contributed by atoms with E-state index in [1.165, 1.54) is 30.3 Å². The number of aryl methyl sites for hydroxylation is 3. The average Bonchev–Trinajstić information content (AvgIpc) is 2.77. The van der Waals surface area contributed by atoms with Crippen molar-refractivity contribution >= 4 is 44.9 Å². The van der Waals surface area contributed by atoms with E-state index >= 15 is 0 Å². The highest BCUT2D eigenvalue weighted by atomic mass is 35.5. The Morgan fingerprint density at radius 2 is 1.56 bits per heavy atom. The summed E-state index contributed by atoms with van der Waals surface area (Å²) in [6, 6.07) is 14.1. The molecule has 0 saturated heterocycles. The van der Waals surface area contributed by atoms with Crippen molar-refractivity contribution in [1.82, 2.24) is 0 Å². The monoisotopic (exact) mass is 500 g/mol. The Hall–Kier alpha value is -3.36. The Kier molecular flexibility index (Phi) is 7.64. The quantitative estimate of drug-likeness (QED) is 0.417. The number of hydrogen-bond acceptors (Lipinski definition) is 5. The molecular formula is C25H25ClN2O5S. The van der Waals surface area contributed by atoms with Gasteiger partial charge in [-0.05, 0) is 86.8 Å². The first-order chi connectivity index (χ1) is 16.0. The molecular weight excluding hydrogens is 476 g/mol. The van der Waals surface area contributed by atoms with E-state index in [1.807, 2.05) is 19.9 Å². The van der Waals surface area contributed by atoms with E-state index in [4.69, 9.17) is 16.3 Å². The van der Waals surface area contributed by atoms with Crippen LogP contribution in [-0.2, 0) is 14.8 Å². The first-order valence-corrected chi connectivity index (χ1v) is 12.4. The Balaban J connectivity index is 1.87. The molecule has 0 radical (unpaired) electrons. The lowest BCUT2D eigenvalue weighted by Gasteiger charge is -2.13. The van der Waals surface area contributed by atoms with E-state index in [9.17, 15) is 18.0 Å². The number of nitrogens with one attached hydrogen (secondary N) is 2. The van der Waals surface area contributed by atoms with Crippen molar-refractivity contribution in [3.63, 3.8) is 0 Å². The Morgan fingerprint density at radius 3 is 2.24 bits per heavy atom. The normalized spacial score (nSPS) is 11.1. The molecule has 0 unspecified atom stereocenters. The van der Waals surface area contributed by atoms with Gasteiger partial charge in [-0.3, -0.25) is 9.52 Å². The molecule has 0 fully saturated rings. The zero-order chi connectivity index (χ0) is 25.0. The summed E-state index contributed by atoms with van der Waals surface area (Å²) >= 11 is 6.07. The van der Waals surface area contributed by atoms with Crippen LogP contribution >= 0.6 is 11.6 Å². The highest BCUT2D eigenvalue weighted by molar-refractivity contribution is 7.92. The second kappa shape index (κ2) is 10.3. The van der Waals surface area contributed by atoms with Crippen LogP contribution in [0.1, 0.15) is 44.3 Å². The molecule has 0 bridgehead atoms. The van der Waals surface area contributed by atoms with Crippen LogP contribution in [0.3, 0.4) is 0 Å². The van der Waals surface area contributed by atoms with Crippen LogP contribution in [0.5, 0.6) is 0 Å². The minimum absolute atomic E-state index is 0.0123. The van der Waals surface area contributed by atoms with Crippen molar-refractivity contribution in [3.05, 3.63) is 87.4 Å². The largest absolute Gasteiger partial charge is 0.462 e. The second-order valence-electron chi connectivity index (χ2n) is 7.75. The molecule has 9 heteroatoms. The maximum atomic E-state index is 13.1. The number of carbonyl (C=O) groups excluding carboxylic acids is 2. The average molecular weight is 501 g/mol. The van der Waals surface area contributed by atoms with Gasteiger partial charge in [-0.25, -0.2) is 13.2 Å². The predicted octanol–water partition coefficient (Wildman–Crippen LogP) is 5.50. The van der Waals surface area contributed by atoms with E-state index < -0.39 is 21.9 Å². The van der Waals surface area contributed by atoms with Crippen molar-refractivity contribution in [2.24, 2.45) is 0 Å². The molecule has 34 heavy (non-hydrogen) atoms. The Labute approximate surface area is 204 Å². The molecule has 3 rings (SSSR count). The number of rotatable bonds is 7. The lowest BCUT2D eigenvalue weighted by molar-refractivity contribution is 0.0526. The van der Waals surface area contributed by atoms with Crippen LogP contribution in [0.4, 0.5) is 11.4 Å². The van der Waals surface area contributed by atoms with Crippen molar-refractivity contribution in [2.75, 3.05) is 16.6 Å². The van der Waals surface area contributed by atoms with Gasteiger partial charge in [0.05, 0.1) is 22.1 Å². The SMILES string of the molecule is CCOC(=O)c1cc(NC(=O)c2ccc(C)c(S(=O)(=O)Nc3ccc(C)c(C)c3)c2)ccc1Cl. The summed E-state index contributed by atoms with van der Waals surface area (Å²) in [5, 5.41) is 2.86. The summed E-state index contributed by atoms with van der Waals surface area (Å²) in [5.74, 6) is -1.15. The number of benzene rings is 3. The second-order valence-corrected chi connectivity index (χ2v) is 9.81. The van der Waals surface area contributed by atoms with Crippen LogP contribution in [0.25, 0.3) is 0 Å². The van der Waals surface area contributed by atoms with Crippen LogP contribution in [0, 0.1) is 20.8 Å². The van der Waals surface area contributed by atoms with Gasteiger partial charge in [-0.15, -0.1) is 0 Å². The predicted molar refractivity (Wildman–Crippen MR) is 133 cm³/mol. The van der Waals surface area contributed by atoms with Crippen molar-refractivity contribution in [1.29, 1.82) is 0 Å². The van der Waals surface area contributed by atoms with Gasteiger partial charge in [0.15, 0.2) is 0 Å². The third-order valence-electron chi connectivity index (χ3n) is 5.22. The fraction of sp³-hybridized carbons (Fsp3) is 0.200. The molecule has 0 heterocycles. The van der Waals surface area contributed by atoms with Gasteiger partial charge in [-0.2, -0.15) is 0 Å². The summed E-state index contributed by atoms with van der Waals surface area (Å²) < 4.78 is 33.7. The molecule has 0 atom stereocenters. The van der Waals surface area contributed by atoms with E-state index in [0.717, 1.165) is 11.1 Å². The third-order valence-corrected chi connectivity index (χ3v) is 7.07. The van der Waals surface area contributed by atoms with Crippen LogP contribution in [-0.4, -0.2) is 26.9 Å². The number of esters is 1. The fourth-order valence-corrected chi connectivity index (χ4v) is 4.73. The first-order valence-electron chi connectivity index (χ1n) is 10.5. The lowest BCUT2D eigenvalue weighted by atomic mass is 10.1. The molecule has 178 valence electrons. The maximum absolute atomic E-state index is 13.1. The van der Waals surface area contributed by atoms with E-state index in [1.54, 1.807) is 32.0 Å². The van der Waals surface area contributed by atoms with Crippen molar-refractivity contribution in [3.8, 4) is 0 Å². The standard InChI is InChI=1S/C25H25ClN2O5S/c1-5-33-25(30)21-14-19(10-11-22(21)26)27-24(29)18-8-6-16(3)23(13-18)34(31,32)28-20-9-7-15(2)17(4)12-20/h6-14,28H,5H2,1-4H3,(H,27,29). The minimum atomic E-state index is -3.94. The van der Waals surface area contributed by atoms with Crippen molar-refractivity contribution in [2.45, 2.75) is 32.6 Å². The molecule has 0 saturated carbocycles. The molecule has 1 amide bonds. The summed E-state index contributed by atoms with van der Waals surface area (Å²) in [6.45, 7) is 7.35. The van der Waals surface area contributed by atoms with Crippen molar-refractivity contribution < 1.29 is 22.7 Å². The van der Waals surface area contributed by atoms with Crippen LogP contribution in [0.2, 0.25) is 5.02 Å². The smallest absolute Gasteiger partial charge is 0.339 e. The number of hydrogen-bond donors (Lipinski definition) is 2. The van der Waals surface area contributed by atoms with Gasteiger partial charge in [-0.1, -0.05) is 23.7 Å². The molecule has 0 aromatic heterocycles. The van der Waals surface area contributed by atoms with Gasteiger partial charge in [0, 0.05) is 16.9 Å². The van der Waals surface area contributed by atoms with Gasteiger partial charge < -0.3 is 10.1 Å². The molecule has 7 nitrogen and oxygen atoms in total. The highest BCUT2D eigenvalue weighted by Crippen LogP contribution is 2.25.